The monoisotopic (exact) mass is 316 g/mol. The van der Waals surface area contributed by atoms with Crippen LogP contribution < -0.4 is 51.4 Å². The first-order valence-electron chi connectivity index (χ1n) is 5.77. The van der Waals surface area contributed by atoms with Crippen LogP contribution in [-0.4, -0.2) is 32.9 Å². The molecule has 100 valence electrons. The van der Waals surface area contributed by atoms with Crippen LogP contribution in [0.3, 0.4) is 0 Å². The zero-order valence-electron chi connectivity index (χ0n) is 10.7. The topological polar surface area (TPSA) is 43.6 Å². The molecule has 1 aliphatic rings. The summed E-state index contributed by atoms with van der Waals surface area (Å²) in [5.74, 6) is -0.212. The van der Waals surface area contributed by atoms with Gasteiger partial charge >= 0.3 is 58.4 Å². The number of nitrogens with zero attached hydrogens (tertiary/aromatic N) is 4. The molecule has 2 rings (SSSR count). The fourth-order valence-electron chi connectivity index (χ4n) is 1.91. The van der Waals surface area contributed by atoms with Gasteiger partial charge in [0, 0.05) is 0 Å². The van der Waals surface area contributed by atoms with Crippen molar-refractivity contribution in [3.8, 4) is 0 Å². The van der Waals surface area contributed by atoms with Crippen molar-refractivity contribution in [2.75, 3.05) is 5.75 Å². The van der Waals surface area contributed by atoms with Gasteiger partial charge in [-0.25, -0.2) is 4.68 Å². The van der Waals surface area contributed by atoms with E-state index >= 15 is 0 Å². The first-order chi connectivity index (χ1) is 8.48. The van der Waals surface area contributed by atoms with Gasteiger partial charge in [-0.05, 0) is 29.0 Å². The molecule has 0 saturated heterocycles. The van der Waals surface area contributed by atoms with Crippen LogP contribution in [0.4, 0.5) is 12.9 Å². The van der Waals surface area contributed by atoms with Gasteiger partial charge in [0.2, 0.25) is 5.16 Å². The number of aromatic nitrogens is 4. The molecule has 0 radical (unpaired) electrons. The van der Waals surface area contributed by atoms with Gasteiger partial charge in [-0.3, -0.25) is 0 Å². The van der Waals surface area contributed by atoms with Crippen molar-refractivity contribution in [3.05, 3.63) is 12.1 Å². The first-order valence-corrected chi connectivity index (χ1v) is 6.75. The molecule has 19 heavy (non-hydrogen) atoms. The molecule has 1 aliphatic carbocycles. The molecular formula is C9H13BF3KN4S. The summed E-state index contributed by atoms with van der Waals surface area (Å²) in [4.78, 5) is 0. The molecule has 0 amide bonds. The van der Waals surface area contributed by atoms with Crippen molar-refractivity contribution in [1.29, 1.82) is 0 Å². The van der Waals surface area contributed by atoms with Gasteiger partial charge in [0.1, 0.15) is 0 Å². The number of hydrogen-bond acceptors (Lipinski definition) is 4. The van der Waals surface area contributed by atoms with Gasteiger partial charge in [-0.2, -0.15) is 0 Å². The van der Waals surface area contributed by atoms with E-state index in [-0.39, 0.29) is 63.2 Å². The molecule has 0 atom stereocenters. The minimum Gasteiger partial charge on any atom is -0.445 e. The van der Waals surface area contributed by atoms with E-state index < -0.39 is 12.4 Å². The van der Waals surface area contributed by atoms with Crippen molar-refractivity contribution in [2.24, 2.45) is 0 Å². The average Bonchev–Trinajstić information content (AvgIpc) is 2.94. The summed E-state index contributed by atoms with van der Waals surface area (Å²) in [6.07, 6.45) is 4.21. The summed E-state index contributed by atoms with van der Waals surface area (Å²) in [5.41, 5.74) is -0.707. The summed E-state index contributed by atoms with van der Waals surface area (Å²) in [7, 11) is 0. The second kappa shape index (κ2) is 7.60. The summed E-state index contributed by atoms with van der Waals surface area (Å²) in [5, 5.41) is 11.6. The third-order valence-electron chi connectivity index (χ3n) is 2.98. The number of tetrazole rings is 1. The van der Waals surface area contributed by atoms with Crippen LogP contribution in [0.2, 0.25) is 0 Å². The van der Waals surface area contributed by atoms with Crippen molar-refractivity contribution in [1.82, 2.24) is 20.2 Å². The fraction of sp³-hybridized carbons (Fsp3) is 0.667. The van der Waals surface area contributed by atoms with Crippen molar-refractivity contribution in [2.45, 2.75) is 36.9 Å². The summed E-state index contributed by atoms with van der Waals surface area (Å²) >= 11 is 0.998. The van der Waals surface area contributed by atoms with Gasteiger partial charge in [0.15, 0.2) is 0 Å². The summed E-state index contributed by atoms with van der Waals surface area (Å²) < 4.78 is 38.8. The normalized spacial score (nSPS) is 16.4. The smallest absolute Gasteiger partial charge is 0.445 e. The van der Waals surface area contributed by atoms with Crippen LogP contribution in [-0.2, 0) is 0 Å². The minimum atomic E-state index is -4.97. The van der Waals surface area contributed by atoms with Crippen LogP contribution in [0, 0.1) is 0 Å². The van der Waals surface area contributed by atoms with Gasteiger partial charge < -0.3 is 12.9 Å². The zero-order valence-corrected chi connectivity index (χ0v) is 14.7. The number of halogens is 3. The SMILES string of the molecule is C=C(CSc1nnnn1C1CCCC1)[B-](F)(F)F.[K+]. The molecule has 1 saturated carbocycles. The quantitative estimate of drug-likeness (QED) is 0.559. The zero-order chi connectivity index (χ0) is 13.2. The van der Waals surface area contributed by atoms with Crippen LogP contribution in [0.25, 0.3) is 0 Å². The maximum absolute atomic E-state index is 12.4. The van der Waals surface area contributed by atoms with Crippen LogP contribution in [0.1, 0.15) is 31.7 Å². The van der Waals surface area contributed by atoms with Crippen LogP contribution >= 0.6 is 11.8 Å². The van der Waals surface area contributed by atoms with E-state index in [0.29, 0.717) is 5.16 Å². The Morgan fingerprint density at radius 1 is 1.37 bits per heavy atom. The van der Waals surface area contributed by atoms with E-state index in [1.54, 1.807) is 4.68 Å². The molecule has 0 aliphatic heterocycles. The van der Waals surface area contributed by atoms with Gasteiger partial charge in [-0.15, -0.1) is 17.2 Å². The van der Waals surface area contributed by atoms with E-state index in [9.17, 15) is 12.9 Å². The molecule has 0 spiro atoms. The van der Waals surface area contributed by atoms with Crippen molar-refractivity contribution >= 4 is 18.7 Å². The van der Waals surface area contributed by atoms with Gasteiger partial charge in [0.25, 0.3) is 0 Å². The molecule has 0 N–H and O–H groups in total. The Bertz CT molecular complexity index is 433. The van der Waals surface area contributed by atoms with Gasteiger partial charge in [-0.1, -0.05) is 24.6 Å². The maximum atomic E-state index is 12.4. The molecule has 0 aromatic carbocycles. The molecule has 4 nitrogen and oxygen atoms in total. The van der Waals surface area contributed by atoms with Crippen LogP contribution in [0.15, 0.2) is 17.2 Å². The Labute approximate surface area is 156 Å². The first kappa shape index (κ1) is 17.7. The molecule has 1 fully saturated rings. The average molecular weight is 316 g/mol. The fourth-order valence-corrected chi connectivity index (χ4v) is 2.83. The van der Waals surface area contributed by atoms with E-state index in [4.69, 9.17) is 0 Å². The van der Waals surface area contributed by atoms with E-state index in [0.717, 1.165) is 37.4 Å². The van der Waals surface area contributed by atoms with Crippen molar-refractivity contribution in [3.63, 3.8) is 0 Å². The molecular weight excluding hydrogens is 303 g/mol. The standard InChI is InChI=1S/C9H13BF3N4S.K/c1-7(10(11,12)13)6-18-9-14-15-16-17(9)8-4-2-3-5-8;/h8H,1-6H2;/q-1;+1. The van der Waals surface area contributed by atoms with E-state index in [1.807, 2.05) is 0 Å². The van der Waals surface area contributed by atoms with Gasteiger partial charge in [0.05, 0.1) is 6.04 Å². The molecule has 1 aromatic heterocycles. The van der Waals surface area contributed by atoms with E-state index in [2.05, 4.69) is 22.1 Å². The maximum Gasteiger partial charge on any atom is 1.00 e. The minimum absolute atomic E-state index is 0. The molecule has 0 unspecified atom stereocenters. The predicted octanol–water partition coefficient (Wildman–Crippen LogP) is -0.173. The number of hydrogen-bond donors (Lipinski definition) is 0. The van der Waals surface area contributed by atoms with E-state index in [1.165, 1.54) is 0 Å². The third kappa shape index (κ3) is 4.85. The summed E-state index contributed by atoms with van der Waals surface area (Å²) in [6, 6.07) is 0.229. The Hall–Kier alpha value is 0.651. The Morgan fingerprint density at radius 2 is 2.00 bits per heavy atom. The Morgan fingerprint density at radius 3 is 2.58 bits per heavy atom. The molecule has 0 bridgehead atoms. The second-order valence-corrected chi connectivity index (χ2v) is 5.31. The molecule has 10 heteroatoms. The molecule has 1 heterocycles. The second-order valence-electron chi connectivity index (χ2n) is 4.37. The summed E-state index contributed by atoms with van der Waals surface area (Å²) in [6.45, 7) is -1.92. The third-order valence-corrected chi connectivity index (χ3v) is 4.02. The Balaban J connectivity index is 0.00000180. The predicted molar refractivity (Wildman–Crippen MR) is 64.3 cm³/mol. The largest absolute Gasteiger partial charge is 1.00 e. The molecule has 1 aromatic rings. The van der Waals surface area contributed by atoms with Crippen molar-refractivity contribution < 1.29 is 64.3 Å². The number of rotatable bonds is 5. The Kier molecular flexibility index (Phi) is 7.08. The number of thioether (sulfide) groups is 1. The van der Waals surface area contributed by atoms with Crippen LogP contribution in [0.5, 0.6) is 0 Å².